The van der Waals surface area contributed by atoms with Crippen molar-refractivity contribution in [3.63, 3.8) is 0 Å². The number of rotatable bonds is 8. The Kier molecular flexibility index (Phi) is 6.78. The minimum Gasteiger partial charge on any atom is -0.495 e. The molecule has 9 nitrogen and oxygen atoms in total. The predicted octanol–water partition coefficient (Wildman–Crippen LogP) is 5.62. The molecule has 2 aromatic heterocycles. The number of nitrogens with two attached hydrogens (primary N) is 1. The van der Waals surface area contributed by atoms with Gasteiger partial charge in [-0.05, 0) is 59.7 Å². The van der Waals surface area contributed by atoms with Gasteiger partial charge >= 0.3 is 0 Å². The summed E-state index contributed by atoms with van der Waals surface area (Å²) < 4.78 is 7.62. The number of ether oxygens (including phenoxy) is 1. The van der Waals surface area contributed by atoms with E-state index in [9.17, 15) is 14.9 Å². The van der Waals surface area contributed by atoms with Gasteiger partial charge in [0.1, 0.15) is 17.6 Å². The first kappa shape index (κ1) is 26.5. The fourth-order valence-electron chi connectivity index (χ4n) is 5.04. The number of amides is 2. The van der Waals surface area contributed by atoms with Crippen LogP contribution in [0.4, 0.5) is 17.2 Å². The van der Waals surface area contributed by atoms with E-state index in [1.165, 1.54) is 12.3 Å². The van der Waals surface area contributed by atoms with Gasteiger partial charge in [0.15, 0.2) is 0 Å². The van der Waals surface area contributed by atoms with Gasteiger partial charge in [-0.2, -0.15) is 5.26 Å². The van der Waals surface area contributed by atoms with E-state index >= 15 is 0 Å². The number of methoxy groups -OCH3 is 1. The molecule has 0 bridgehead atoms. The normalized spacial score (nSPS) is 13.3. The lowest BCUT2D eigenvalue weighted by Gasteiger charge is -2.15. The number of carbonyl (C=O) groups excluding carboxylic acids is 2. The van der Waals surface area contributed by atoms with Gasteiger partial charge in [0.05, 0.1) is 35.0 Å². The molecule has 40 heavy (non-hydrogen) atoms. The lowest BCUT2D eigenvalue weighted by molar-refractivity contribution is -0.117. The second kappa shape index (κ2) is 10.2. The molecule has 2 heterocycles. The zero-order valence-electron chi connectivity index (χ0n) is 22.7. The average molecular weight is 535 g/mol. The molecule has 0 unspecified atom stereocenters. The smallest absolute Gasteiger partial charge is 0.247 e. The van der Waals surface area contributed by atoms with Gasteiger partial charge in [0, 0.05) is 30.9 Å². The SMILES string of the molecule is C=CC(=O)Nc1ccc(-c2c(-c3ccc(NC(=O)CC4(C)CC4)c(OC)c3)c3c(N)ncc(C#N)c3n2C)cc1. The van der Waals surface area contributed by atoms with Crippen LogP contribution in [0.1, 0.15) is 31.7 Å². The van der Waals surface area contributed by atoms with Crippen molar-refractivity contribution >= 4 is 39.9 Å². The van der Waals surface area contributed by atoms with Crippen LogP contribution < -0.4 is 21.1 Å². The highest BCUT2D eigenvalue weighted by atomic mass is 16.5. The summed E-state index contributed by atoms with van der Waals surface area (Å²) in [7, 11) is 3.43. The van der Waals surface area contributed by atoms with E-state index in [1.807, 2.05) is 41.9 Å². The molecule has 1 aliphatic carbocycles. The average Bonchev–Trinajstić information content (AvgIpc) is 3.59. The van der Waals surface area contributed by atoms with Gasteiger partial charge in [0.2, 0.25) is 11.8 Å². The topological polar surface area (TPSA) is 135 Å². The van der Waals surface area contributed by atoms with Crippen LogP contribution in [0.15, 0.2) is 61.3 Å². The molecule has 4 aromatic rings. The van der Waals surface area contributed by atoms with Crippen LogP contribution in [-0.2, 0) is 16.6 Å². The molecule has 4 N–H and O–H groups in total. The maximum Gasteiger partial charge on any atom is 0.247 e. The number of nitriles is 1. The van der Waals surface area contributed by atoms with Crippen molar-refractivity contribution in [1.29, 1.82) is 5.26 Å². The Morgan fingerprint density at radius 1 is 1.20 bits per heavy atom. The number of hydrogen-bond donors (Lipinski definition) is 3. The lowest BCUT2D eigenvalue weighted by Crippen LogP contribution is -2.16. The van der Waals surface area contributed by atoms with Gasteiger partial charge in [-0.1, -0.05) is 31.7 Å². The third kappa shape index (κ3) is 4.87. The number of nitrogens with one attached hydrogen (secondary N) is 2. The Morgan fingerprint density at radius 2 is 1.90 bits per heavy atom. The summed E-state index contributed by atoms with van der Waals surface area (Å²) in [5.74, 6) is 0.434. The first-order chi connectivity index (χ1) is 19.2. The molecular weight excluding hydrogens is 504 g/mol. The summed E-state index contributed by atoms with van der Waals surface area (Å²) in [5.41, 5.74) is 11.9. The molecule has 1 aliphatic rings. The van der Waals surface area contributed by atoms with Crippen LogP contribution >= 0.6 is 0 Å². The minimum absolute atomic E-state index is 0.0485. The van der Waals surface area contributed by atoms with E-state index < -0.39 is 0 Å². The Balaban J connectivity index is 1.66. The molecule has 0 atom stereocenters. The number of nitrogen functional groups attached to an aromatic ring is 1. The quantitative estimate of drug-likeness (QED) is 0.251. The minimum atomic E-state index is -0.305. The summed E-state index contributed by atoms with van der Waals surface area (Å²) in [5, 5.41) is 16.3. The molecule has 2 aromatic carbocycles. The van der Waals surface area contributed by atoms with Crippen molar-refractivity contribution in [1.82, 2.24) is 9.55 Å². The summed E-state index contributed by atoms with van der Waals surface area (Å²) in [6, 6.07) is 15.2. The summed E-state index contributed by atoms with van der Waals surface area (Å²) >= 11 is 0. The molecule has 2 amide bonds. The van der Waals surface area contributed by atoms with Crippen LogP contribution in [0, 0.1) is 16.7 Å². The maximum absolute atomic E-state index is 12.7. The first-order valence-electron chi connectivity index (χ1n) is 12.9. The maximum atomic E-state index is 12.7. The number of nitrogens with zero attached hydrogens (tertiary/aromatic N) is 3. The van der Waals surface area contributed by atoms with Crippen molar-refractivity contribution in [3.8, 4) is 34.2 Å². The Bertz CT molecular complexity index is 1710. The van der Waals surface area contributed by atoms with Crippen LogP contribution in [-0.4, -0.2) is 28.5 Å². The highest BCUT2D eigenvalue weighted by Crippen LogP contribution is 2.48. The van der Waals surface area contributed by atoms with Gasteiger partial charge in [-0.15, -0.1) is 0 Å². The van der Waals surface area contributed by atoms with Crippen LogP contribution in [0.3, 0.4) is 0 Å². The van der Waals surface area contributed by atoms with Crippen molar-refractivity contribution in [2.75, 3.05) is 23.5 Å². The second-order valence-corrected chi connectivity index (χ2v) is 10.4. The monoisotopic (exact) mass is 534 g/mol. The highest BCUT2D eigenvalue weighted by molar-refractivity contribution is 6.11. The molecule has 0 radical (unpaired) electrons. The van der Waals surface area contributed by atoms with E-state index in [1.54, 1.807) is 19.2 Å². The summed E-state index contributed by atoms with van der Waals surface area (Å²) in [6.07, 6.45) is 5.26. The van der Waals surface area contributed by atoms with E-state index in [-0.39, 0.29) is 23.0 Å². The van der Waals surface area contributed by atoms with Gasteiger partial charge < -0.3 is 25.7 Å². The third-order valence-electron chi connectivity index (χ3n) is 7.43. The molecular formula is C31H30N6O3. The highest BCUT2D eigenvalue weighted by Gasteiger charge is 2.39. The fourth-order valence-corrected chi connectivity index (χ4v) is 5.04. The number of aryl methyl sites for hydroxylation is 1. The summed E-state index contributed by atoms with van der Waals surface area (Å²) in [6.45, 7) is 5.60. The second-order valence-electron chi connectivity index (χ2n) is 10.4. The molecule has 0 aliphatic heterocycles. The predicted molar refractivity (Wildman–Crippen MR) is 157 cm³/mol. The Morgan fingerprint density at radius 3 is 2.52 bits per heavy atom. The van der Waals surface area contributed by atoms with E-state index in [0.29, 0.717) is 40.0 Å². The number of aromatic nitrogens is 2. The number of anilines is 3. The molecule has 9 heteroatoms. The number of benzene rings is 2. The molecule has 0 spiro atoms. The Hall–Kier alpha value is -5.10. The molecule has 202 valence electrons. The van der Waals surface area contributed by atoms with Crippen LogP contribution in [0.5, 0.6) is 5.75 Å². The zero-order valence-corrected chi connectivity index (χ0v) is 22.7. The largest absolute Gasteiger partial charge is 0.495 e. The molecule has 5 rings (SSSR count). The number of fused-ring (bicyclic) bond motifs is 1. The molecule has 1 saturated carbocycles. The standard InChI is InChI=1S/C31H30N6O3/c1-5-24(38)35-21-9-6-18(7-10-21)28-26(27-29(37(28)3)20(16-32)17-34-30(27)33)19-8-11-22(23(14-19)40-4)36-25(39)15-31(2)12-13-31/h5-11,14,17H,1,12-13,15H2,2-4H3,(H2,33,34)(H,35,38)(H,36,39). The van der Waals surface area contributed by atoms with E-state index in [4.69, 9.17) is 10.5 Å². The molecule has 0 saturated heterocycles. The Labute approximate surface area is 232 Å². The van der Waals surface area contributed by atoms with Crippen molar-refractivity contribution < 1.29 is 14.3 Å². The van der Waals surface area contributed by atoms with Gasteiger partial charge in [0.25, 0.3) is 0 Å². The number of carbonyl (C=O) groups is 2. The first-order valence-corrected chi connectivity index (χ1v) is 12.9. The van der Waals surface area contributed by atoms with Crippen molar-refractivity contribution in [3.05, 3.63) is 66.9 Å². The van der Waals surface area contributed by atoms with E-state index in [2.05, 4.69) is 35.2 Å². The third-order valence-corrected chi connectivity index (χ3v) is 7.43. The van der Waals surface area contributed by atoms with Crippen LogP contribution in [0.25, 0.3) is 33.3 Å². The fraction of sp³-hybridized carbons (Fsp3) is 0.226. The van der Waals surface area contributed by atoms with Gasteiger partial charge in [-0.25, -0.2) is 4.98 Å². The lowest BCUT2D eigenvalue weighted by atomic mass is 9.97. The van der Waals surface area contributed by atoms with Crippen molar-refractivity contribution in [2.45, 2.75) is 26.2 Å². The van der Waals surface area contributed by atoms with Crippen LogP contribution in [0.2, 0.25) is 0 Å². The zero-order chi connectivity index (χ0) is 28.6. The van der Waals surface area contributed by atoms with Crippen molar-refractivity contribution in [2.24, 2.45) is 12.5 Å². The van der Waals surface area contributed by atoms with E-state index in [0.717, 1.165) is 35.2 Å². The number of hydrogen-bond acceptors (Lipinski definition) is 6. The number of pyridine rings is 1. The molecule has 1 fully saturated rings. The summed E-state index contributed by atoms with van der Waals surface area (Å²) in [4.78, 5) is 28.7. The van der Waals surface area contributed by atoms with Gasteiger partial charge in [-0.3, -0.25) is 9.59 Å².